The zero-order valence-corrected chi connectivity index (χ0v) is 8.46. The Kier molecular flexibility index (Phi) is 5.35. The van der Waals surface area contributed by atoms with Crippen molar-refractivity contribution >= 4 is 0 Å². The molecule has 0 spiro atoms. The van der Waals surface area contributed by atoms with E-state index in [4.69, 9.17) is 4.74 Å². The highest BCUT2D eigenvalue weighted by Gasteiger charge is 2.17. The average molecular weight is 187 g/mol. The molecule has 2 N–H and O–H groups in total. The van der Waals surface area contributed by atoms with Crippen LogP contribution in [0.2, 0.25) is 0 Å². The predicted molar refractivity (Wildman–Crippen MR) is 52.8 cm³/mol. The maximum Gasteiger partial charge on any atom is 0.0541 e. The average Bonchev–Trinajstić information content (AvgIpc) is 2.15. The highest BCUT2D eigenvalue weighted by Crippen LogP contribution is 2.17. The molecule has 13 heavy (non-hydrogen) atoms. The first-order valence-electron chi connectivity index (χ1n) is 5.23. The van der Waals surface area contributed by atoms with Crippen LogP contribution in [-0.2, 0) is 4.74 Å². The zero-order chi connectivity index (χ0) is 9.52. The summed E-state index contributed by atoms with van der Waals surface area (Å²) in [5.74, 6) is 0. The lowest BCUT2D eigenvalue weighted by molar-refractivity contribution is 0.116. The molecule has 1 rings (SSSR count). The predicted octanol–water partition coefficient (Wildman–Crippen LogP) is 0.916. The van der Waals surface area contributed by atoms with Crippen LogP contribution in [0.3, 0.4) is 0 Å². The molecule has 1 saturated carbocycles. The van der Waals surface area contributed by atoms with E-state index in [1.807, 2.05) is 0 Å². The van der Waals surface area contributed by atoms with Crippen molar-refractivity contribution in [2.24, 2.45) is 0 Å². The number of hydrogen-bond acceptors (Lipinski definition) is 3. The Morgan fingerprint density at radius 2 is 2.00 bits per heavy atom. The summed E-state index contributed by atoms with van der Waals surface area (Å²) >= 11 is 0. The lowest BCUT2D eigenvalue weighted by Crippen LogP contribution is -2.35. The van der Waals surface area contributed by atoms with Crippen LogP contribution < -0.4 is 5.32 Å². The topological polar surface area (TPSA) is 41.5 Å². The molecule has 0 bridgehead atoms. The van der Waals surface area contributed by atoms with Crippen LogP contribution in [0.15, 0.2) is 0 Å². The van der Waals surface area contributed by atoms with Gasteiger partial charge in [0.05, 0.1) is 6.10 Å². The highest BCUT2D eigenvalue weighted by molar-refractivity contribution is 4.76. The van der Waals surface area contributed by atoms with Crippen LogP contribution in [0.25, 0.3) is 0 Å². The summed E-state index contributed by atoms with van der Waals surface area (Å²) in [5, 5.41) is 12.8. The molecule has 0 unspecified atom stereocenters. The van der Waals surface area contributed by atoms with E-state index in [1.54, 1.807) is 7.11 Å². The first-order valence-corrected chi connectivity index (χ1v) is 5.23. The summed E-state index contributed by atoms with van der Waals surface area (Å²) in [5.41, 5.74) is 0. The molecule has 0 heterocycles. The number of rotatable bonds is 5. The second-order valence-corrected chi connectivity index (χ2v) is 3.81. The van der Waals surface area contributed by atoms with E-state index in [-0.39, 0.29) is 6.10 Å². The molecule has 0 aliphatic heterocycles. The van der Waals surface area contributed by atoms with Gasteiger partial charge in [-0.25, -0.2) is 0 Å². The van der Waals surface area contributed by atoms with Crippen molar-refractivity contribution in [1.82, 2.24) is 5.32 Å². The first kappa shape index (κ1) is 11.0. The van der Waals surface area contributed by atoms with Crippen molar-refractivity contribution in [2.45, 2.75) is 44.2 Å². The number of aliphatic hydroxyl groups excluding tert-OH is 1. The van der Waals surface area contributed by atoms with Gasteiger partial charge in [-0.2, -0.15) is 0 Å². The van der Waals surface area contributed by atoms with E-state index in [0.29, 0.717) is 6.04 Å². The van der Waals surface area contributed by atoms with Gasteiger partial charge in [-0.1, -0.05) is 0 Å². The molecule has 3 heteroatoms. The van der Waals surface area contributed by atoms with E-state index in [0.717, 1.165) is 45.3 Å². The van der Waals surface area contributed by atoms with E-state index in [1.165, 1.54) is 0 Å². The molecule has 0 aromatic heterocycles. The number of methoxy groups -OCH3 is 1. The SMILES string of the molecule is COCCCN[C@H]1CC[C@H](O)CC1. The summed E-state index contributed by atoms with van der Waals surface area (Å²) in [6, 6.07) is 0.625. The van der Waals surface area contributed by atoms with Gasteiger partial charge < -0.3 is 15.2 Å². The van der Waals surface area contributed by atoms with E-state index < -0.39 is 0 Å². The summed E-state index contributed by atoms with van der Waals surface area (Å²) in [6.45, 7) is 1.87. The van der Waals surface area contributed by atoms with Crippen LogP contribution in [0.1, 0.15) is 32.1 Å². The van der Waals surface area contributed by atoms with Crippen molar-refractivity contribution in [3.63, 3.8) is 0 Å². The molecule has 0 amide bonds. The second-order valence-electron chi connectivity index (χ2n) is 3.81. The van der Waals surface area contributed by atoms with Gasteiger partial charge in [-0.3, -0.25) is 0 Å². The van der Waals surface area contributed by atoms with E-state index in [9.17, 15) is 5.11 Å². The maximum atomic E-state index is 9.29. The largest absolute Gasteiger partial charge is 0.393 e. The monoisotopic (exact) mass is 187 g/mol. The van der Waals surface area contributed by atoms with Crippen LogP contribution in [0.5, 0.6) is 0 Å². The minimum absolute atomic E-state index is 0.0444. The zero-order valence-electron chi connectivity index (χ0n) is 8.46. The van der Waals surface area contributed by atoms with Gasteiger partial charge in [0.1, 0.15) is 0 Å². The highest BCUT2D eigenvalue weighted by atomic mass is 16.5. The lowest BCUT2D eigenvalue weighted by Gasteiger charge is -2.26. The Morgan fingerprint density at radius 3 is 2.62 bits per heavy atom. The van der Waals surface area contributed by atoms with Crippen molar-refractivity contribution < 1.29 is 9.84 Å². The van der Waals surface area contributed by atoms with Crippen molar-refractivity contribution in [1.29, 1.82) is 0 Å². The molecule has 3 nitrogen and oxygen atoms in total. The summed E-state index contributed by atoms with van der Waals surface area (Å²) in [6.07, 6.45) is 5.19. The van der Waals surface area contributed by atoms with Gasteiger partial charge in [-0.05, 0) is 38.6 Å². The molecular weight excluding hydrogens is 166 g/mol. The summed E-state index contributed by atoms with van der Waals surface area (Å²) < 4.78 is 4.97. The molecule has 0 aromatic carbocycles. The van der Waals surface area contributed by atoms with Crippen molar-refractivity contribution in [2.75, 3.05) is 20.3 Å². The standard InChI is InChI=1S/C10H21NO2/c1-13-8-2-7-11-9-3-5-10(12)6-4-9/h9-12H,2-8H2,1H3/t9-,10-. The van der Waals surface area contributed by atoms with Crippen molar-refractivity contribution in [3.8, 4) is 0 Å². The lowest BCUT2D eigenvalue weighted by atomic mass is 9.93. The van der Waals surface area contributed by atoms with Crippen LogP contribution in [0, 0.1) is 0 Å². The van der Waals surface area contributed by atoms with E-state index in [2.05, 4.69) is 5.32 Å². The fourth-order valence-electron chi connectivity index (χ4n) is 1.80. The van der Waals surface area contributed by atoms with E-state index >= 15 is 0 Å². The quantitative estimate of drug-likeness (QED) is 0.629. The third-order valence-electron chi connectivity index (χ3n) is 2.65. The molecule has 0 atom stereocenters. The van der Waals surface area contributed by atoms with Gasteiger partial charge in [-0.15, -0.1) is 0 Å². The summed E-state index contributed by atoms with van der Waals surface area (Å²) in [7, 11) is 1.73. The minimum Gasteiger partial charge on any atom is -0.393 e. The molecule has 0 aromatic rings. The van der Waals surface area contributed by atoms with Crippen LogP contribution in [0.4, 0.5) is 0 Å². The Labute approximate surface area is 80.5 Å². The van der Waals surface area contributed by atoms with Gasteiger partial charge in [0, 0.05) is 19.8 Å². The molecule has 0 saturated heterocycles. The molecule has 1 aliphatic carbocycles. The smallest absolute Gasteiger partial charge is 0.0541 e. The molecule has 1 fully saturated rings. The Balaban J connectivity index is 1.96. The Morgan fingerprint density at radius 1 is 1.31 bits per heavy atom. The molecule has 0 radical (unpaired) electrons. The first-order chi connectivity index (χ1) is 6.33. The number of nitrogens with one attached hydrogen (secondary N) is 1. The normalized spacial score (nSPS) is 29.1. The number of ether oxygens (including phenoxy) is 1. The van der Waals surface area contributed by atoms with Gasteiger partial charge in [0.25, 0.3) is 0 Å². The fraction of sp³-hybridized carbons (Fsp3) is 1.00. The number of aliphatic hydroxyl groups is 1. The van der Waals surface area contributed by atoms with Crippen LogP contribution >= 0.6 is 0 Å². The Bertz CT molecular complexity index is 122. The summed E-state index contributed by atoms with van der Waals surface area (Å²) in [4.78, 5) is 0. The second kappa shape index (κ2) is 6.35. The van der Waals surface area contributed by atoms with Gasteiger partial charge in [0.15, 0.2) is 0 Å². The molecule has 1 aliphatic rings. The van der Waals surface area contributed by atoms with Gasteiger partial charge in [0.2, 0.25) is 0 Å². The minimum atomic E-state index is -0.0444. The fourth-order valence-corrected chi connectivity index (χ4v) is 1.80. The third kappa shape index (κ3) is 4.60. The molecular formula is C10H21NO2. The maximum absolute atomic E-state index is 9.29. The van der Waals surface area contributed by atoms with Crippen molar-refractivity contribution in [3.05, 3.63) is 0 Å². The van der Waals surface area contributed by atoms with Crippen LogP contribution in [-0.4, -0.2) is 37.5 Å². The number of hydrogen-bond donors (Lipinski definition) is 2. The van der Waals surface area contributed by atoms with Gasteiger partial charge >= 0.3 is 0 Å². The Hall–Kier alpha value is -0.120. The third-order valence-corrected chi connectivity index (χ3v) is 2.65. The molecule has 78 valence electrons.